The quantitative estimate of drug-likeness (QED) is 0.0839. The third-order valence-corrected chi connectivity index (χ3v) is 13.7. The van der Waals surface area contributed by atoms with Gasteiger partial charge in [-0.1, -0.05) is 18.2 Å². The number of imide groups is 1. The number of alkyl halides is 3. The Balaban J connectivity index is 0.000000923. The lowest BCUT2D eigenvalue weighted by atomic mass is 9.86. The summed E-state index contributed by atoms with van der Waals surface area (Å²) < 4.78 is 75.4. The van der Waals surface area contributed by atoms with Crippen LogP contribution in [0, 0.1) is 36.2 Å². The molecule has 9 rings (SSSR count). The molecular formula is C49H52F6N10O7. The van der Waals surface area contributed by atoms with Gasteiger partial charge in [-0.2, -0.15) is 22.7 Å². The zero-order valence-corrected chi connectivity index (χ0v) is 39.1. The molecule has 23 heteroatoms. The first-order valence-electron chi connectivity index (χ1n) is 23.6. The van der Waals surface area contributed by atoms with Gasteiger partial charge in [0.25, 0.3) is 11.8 Å². The highest BCUT2D eigenvalue weighted by molar-refractivity contribution is 6.06. The molecule has 3 saturated heterocycles. The molecule has 5 aromatic rings. The average molecular weight is 1010 g/mol. The van der Waals surface area contributed by atoms with Crippen LogP contribution < -0.4 is 20.4 Å². The van der Waals surface area contributed by atoms with Gasteiger partial charge in [-0.3, -0.25) is 34.2 Å². The van der Waals surface area contributed by atoms with Crippen LogP contribution in [-0.2, 0) is 9.59 Å². The lowest BCUT2D eigenvalue weighted by molar-refractivity contribution is -0.192. The predicted octanol–water partition coefficient (Wildman–Crippen LogP) is 6.84. The van der Waals surface area contributed by atoms with E-state index >= 15 is 0 Å². The van der Waals surface area contributed by atoms with Crippen molar-refractivity contribution in [2.24, 2.45) is 11.8 Å². The highest BCUT2D eigenvalue weighted by Gasteiger charge is 2.38. The van der Waals surface area contributed by atoms with Gasteiger partial charge in [0.15, 0.2) is 17.4 Å². The third kappa shape index (κ3) is 11.7. The van der Waals surface area contributed by atoms with Crippen molar-refractivity contribution in [3.05, 3.63) is 95.2 Å². The summed E-state index contributed by atoms with van der Waals surface area (Å²) in [6.45, 7) is 8.18. The fourth-order valence-electron chi connectivity index (χ4n) is 9.56. The van der Waals surface area contributed by atoms with Crippen LogP contribution in [-0.4, -0.2) is 135 Å². The fourth-order valence-corrected chi connectivity index (χ4v) is 9.56. The van der Waals surface area contributed by atoms with Crippen LogP contribution in [0.5, 0.6) is 5.75 Å². The van der Waals surface area contributed by atoms with E-state index in [4.69, 9.17) is 25.0 Å². The van der Waals surface area contributed by atoms with Gasteiger partial charge in [-0.05, 0) is 92.7 Å². The summed E-state index contributed by atoms with van der Waals surface area (Å²) in [5.74, 6) is -8.94. The third-order valence-electron chi connectivity index (χ3n) is 13.7. The molecule has 0 unspecified atom stereocenters. The number of carboxylic acids is 1. The van der Waals surface area contributed by atoms with E-state index in [9.17, 15) is 50.6 Å². The largest absolute Gasteiger partial charge is 0.503 e. The smallest absolute Gasteiger partial charge is 0.490 e. The van der Waals surface area contributed by atoms with Crippen molar-refractivity contribution in [3.8, 4) is 16.9 Å². The van der Waals surface area contributed by atoms with Crippen molar-refractivity contribution in [3.63, 3.8) is 0 Å². The maximum absolute atomic E-state index is 14.2. The standard InChI is InChI=1S/C47H51F3N10O5.C2HF3O2/c1-28-2-5-32(21-39(28)59-15-12-40(61)54-47(59)65)45(64)57-13-10-30(11-14-57)26-56-16-18-58(19-17-56)46-52-24-34(25-53-46)31-6-7-33-27-60(55-38(33)20-31)35-8-3-29(4-9-35)23-51-44(63)36-22-37(48)43(62)42(50)41(36)49;3-2(4,5)1(6)7/h2,5-7,20-22,24-25,27,29-30,35,62H,3-4,8-19,23,26H2,1H3,(H,51,63)(H,54,61,65);(H,6,7). The van der Waals surface area contributed by atoms with Gasteiger partial charge < -0.3 is 25.3 Å². The average Bonchev–Trinajstić information content (AvgIpc) is 3.81. The number of phenols is 1. The number of benzene rings is 3. The van der Waals surface area contributed by atoms with Crippen LogP contribution in [0.3, 0.4) is 0 Å². The SMILES string of the molecule is Cc1ccc(C(=O)N2CCC(CN3CCN(c4ncc(-c5ccc6cn(C7CCC(CNC(=O)c8cc(F)c(O)c(F)c8F)CC7)nc6c5)cn4)CC3)CC2)cc1N1CCC(=O)NC1=O.O=C(O)C(F)(F)F. The van der Waals surface area contributed by atoms with Crippen LogP contribution in [0.15, 0.2) is 61.1 Å². The zero-order chi connectivity index (χ0) is 51.4. The minimum atomic E-state index is -5.08. The highest BCUT2D eigenvalue weighted by atomic mass is 19.4. The molecule has 5 amide bonds. The molecule has 1 saturated carbocycles. The Morgan fingerprint density at radius 1 is 0.819 bits per heavy atom. The Labute approximate surface area is 408 Å². The number of rotatable bonds is 10. The van der Waals surface area contributed by atoms with E-state index in [2.05, 4.69) is 20.4 Å². The summed E-state index contributed by atoms with van der Waals surface area (Å²) in [4.78, 5) is 76.7. The van der Waals surface area contributed by atoms with Crippen molar-refractivity contribution in [2.75, 3.05) is 68.7 Å². The Morgan fingerprint density at radius 3 is 2.15 bits per heavy atom. The number of hydrogen-bond donors (Lipinski definition) is 4. The second-order valence-corrected chi connectivity index (χ2v) is 18.5. The summed E-state index contributed by atoms with van der Waals surface area (Å²) in [6.07, 6.45) is 5.93. The number of aromatic hydroxyl groups is 1. The van der Waals surface area contributed by atoms with Gasteiger partial charge in [0.2, 0.25) is 17.7 Å². The van der Waals surface area contributed by atoms with Gasteiger partial charge in [0.1, 0.15) is 0 Å². The van der Waals surface area contributed by atoms with Gasteiger partial charge in [-0.25, -0.2) is 28.3 Å². The first kappa shape index (κ1) is 51.1. The number of carboxylic acid groups (broad SMARTS) is 1. The number of anilines is 2. The molecule has 4 N–H and O–H groups in total. The number of piperazine rings is 1. The molecule has 72 heavy (non-hydrogen) atoms. The number of aromatic nitrogens is 4. The fraction of sp³-hybridized carbons (Fsp3) is 0.429. The molecule has 0 spiro atoms. The number of nitrogens with zero attached hydrogens (tertiary/aromatic N) is 8. The minimum Gasteiger partial charge on any atom is -0.503 e. The van der Waals surface area contributed by atoms with Gasteiger partial charge in [-0.15, -0.1) is 0 Å². The molecule has 3 aromatic carbocycles. The summed E-state index contributed by atoms with van der Waals surface area (Å²) in [7, 11) is 0. The molecule has 2 aromatic heterocycles. The summed E-state index contributed by atoms with van der Waals surface area (Å²) in [5.41, 5.74) is 3.99. The Kier molecular flexibility index (Phi) is 15.3. The van der Waals surface area contributed by atoms with Crippen LogP contribution in [0.4, 0.5) is 42.8 Å². The van der Waals surface area contributed by atoms with Gasteiger partial charge in [0, 0.05) is 106 Å². The number of urea groups is 1. The number of carbonyl (C=O) groups is 5. The Hall–Kier alpha value is -7.30. The number of nitrogens with one attached hydrogen (secondary N) is 2. The highest BCUT2D eigenvalue weighted by Crippen LogP contribution is 2.34. The molecule has 382 valence electrons. The van der Waals surface area contributed by atoms with Crippen molar-refractivity contribution in [1.29, 1.82) is 0 Å². The van der Waals surface area contributed by atoms with Crippen molar-refractivity contribution in [2.45, 2.75) is 64.1 Å². The van der Waals surface area contributed by atoms with E-state index in [1.54, 1.807) is 6.07 Å². The number of amides is 5. The van der Waals surface area contributed by atoms with E-state index in [1.807, 2.05) is 65.4 Å². The van der Waals surface area contributed by atoms with E-state index in [-0.39, 0.29) is 43.3 Å². The zero-order valence-electron chi connectivity index (χ0n) is 39.1. The number of aryl methyl sites for hydroxylation is 1. The molecule has 4 fully saturated rings. The Bertz CT molecular complexity index is 2840. The maximum Gasteiger partial charge on any atom is 0.490 e. The van der Waals surface area contributed by atoms with Crippen molar-refractivity contribution in [1.82, 2.24) is 40.2 Å². The molecule has 5 heterocycles. The minimum absolute atomic E-state index is 0.0403. The predicted molar refractivity (Wildman–Crippen MR) is 250 cm³/mol. The number of likely N-dealkylation sites (tertiary alicyclic amines) is 1. The number of hydrogen-bond acceptors (Lipinski definition) is 11. The first-order chi connectivity index (χ1) is 34.3. The summed E-state index contributed by atoms with van der Waals surface area (Å²) in [6, 6.07) is 11.8. The number of halogens is 6. The molecule has 0 atom stereocenters. The number of phenolic OH excluding ortho intramolecular Hbond substituents is 1. The van der Waals surface area contributed by atoms with E-state index in [1.165, 1.54) is 4.90 Å². The van der Waals surface area contributed by atoms with E-state index < -0.39 is 52.8 Å². The number of aliphatic carboxylic acids is 1. The second-order valence-electron chi connectivity index (χ2n) is 18.5. The lowest BCUT2D eigenvalue weighted by Gasteiger charge is -2.39. The monoisotopic (exact) mass is 1010 g/mol. The van der Waals surface area contributed by atoms with Gasteiger partial charge in [0.05, 0.1) is 17.1 Å². The molecule has 0 bridgehead atoms. The molecular weight excluding hydrogens is 955 g/mol. The van der Waals surface area contributed by atoms with Crippen LogP contribution in [0.2, 0.25) is 0 Å². The topological polar surface area (TPSA) is 206 Å². The molecule has 4 aliphatic rings. The number of piperidine rings is 1. The van der Waals surface area contributed by atoms with Crippen LogP contribution in [0.25, 0.3) is 22.0 Å². The first-order valence-corrected chi connectivity index (χ1v) is 23.6. The molecule has 1 aliphatic carbocycles. The van der Waals surface area contributed by atoms with Crippen LogP contribution >= 0.6 is 0 Å². The summed E-state index contributed by atoms with van der Waals surface area (Å²) >= 11 is 0. The molecule has 0 radical (unpaired) electrons. The van der Waals surface area contributed by atoms with E-state index in [0.717, 1.165) is 98.8 Å². The lowest BCUT2D eigenvalue weighted by Crippen LogP contribution is -2.50. The molecule has 17 nitrogen and oxygen atoms in total. The van der Waals surface area contributed by atoms with Gasteiger partial charge >= 0.3 is 18.2 Å². The van der Waals surface area contributed by atoms with Crippen LogP contribution in [0.1, 0.15) is 77.3 Å². The summed E-state index contributed by atoms with van der Waals surface area (Å²) in [5, 5.41) is 27.2. The second kappa shape index (κ2) is 21.6. The van der Waals surface area contributed by atoms with E-state index in [0.29, 0.717) is 42.3 Å². The maximum atomic E-state index is 14.2. The number of carbonyl (C=O) groups excluding carboxylic acids is 4. The van der Waals surface area contributed by atoms with Crippen molar-refractivity contribution < 1.29 is 60.5 Å². The molecule has 3 aliphatic heterocycles. The normalized spacial score (nSPS) is 19.2. The number of fused-ring (bicyclic) bond motifs is 1. The Morgan fingerprint density at radius 2 is 1.50 bits per heavy atom. The van der Waals surface area contributed by atoms with Crippen molar-refractivity contribution >= 4 is 52.3 Å².